The number of aliphatic carboxylic acids is 1. The minimum Gasteiger partial charge on any atom is -0.481 e. The number of benzene rings is 1. The molecule has 0 spiro atoms. The van der Waals surface area contributed by atoms with E-state index in [1.54, 1.807) is 55.6 Å². The van der Waals surface area contributed by atoms with Crippen LogP contribution in [0, 0.1) is 5.92 Å². The summed E-state index contributed by atoms with van der Waals surface area (Å²) in [7, 11) is 0. The van der Waals surface area contributed by atoms with Crippen molar-refractivity contribution in [1.29, 1.82) is 0 Å². The van der Waals surface area contributed by atoms with Crippen LogP contribution in [0.15, 0.2) is 48.7 Å². The van der Waals surface area contributed by atoms with Gasteiger partial charge in [0.05, 0.1) is 19.4 Å². The molecule has 1 saturated heterocycles. The minimum absolute atomic E-state index is 0.0445. The standard InChI is InChI=1S/C32H44N8O7/c1-3-20(2)29(39-27(42)16-21-10-12-22(13-11-21)36-32(47)38-26-9-4-6-14-34-26)31(46)37-24(17-28(43)44)30(45)35-23-8-5-7-15-40(18-23)19-25(33)41/h4,6,9-14,20,23-24,29H,3,5,7-8,15-19H2,1-2H3,(H2,33,41)(H,35,45)(H,37,46)(H,39,42)(H,43,44)(H2,34,36,38,47)/t20?,23?,24-,29-/m0/s1. The number of primary amides is 1. The van der Waals surface area contributed by atoms with Gasteiger partial charge >= 0.3 is 12.0 Å². The molecular weight excluding hydrogens is 608 g/mol. The number of amides is 6. The topological polar surface area (TPSA) is 225 Å². The Morgan fingerprint density at radius 3 is 2.38 bits per heavy atom. The van der Waals surface area contributed by atoms with Crippen molar-refractivity contribution in [2.45, 2.75) is 70.5 Å². The Kier molecular flexibility index (Phi) is 14.1. The molecule has 0 bridgehead atoms. The van der Waals surface area contributed by atoms with Crippen LogP contribution in [0.1, 0.15) is 51.5 Å². The number of nitrogens with one attached hydrogen (secondary N) is 5. The van der Waals surface area contributed by atoms with Crippen molar-refractivity contribution in [2.24, 2.45) is 11.7 Å². The SMILES string of the molecule is CCC(C)[C@H](NC(=O)Cc1ccc(NC(=O)Nc2ccccn2)cc1)C(=O)N[C@@H](CC(=O)O)C(=O)NC1CCCCN(CC(N)=O)C1. The van der Waals surface area contributed by atoms with E-state index in [-0.39, 0.29) is 24.9 Å². The van der Waals surface area contributed by atoms with Gasteiger partial charge in [-0.25, -0.2) is 9.78 Å². The number of hydrogen-bond acceptors (Lipinski definition) is 8. The monoisotopic (exact) mass is 652 g/mol. The van der Waals surface area contributed by atoms with E-state index in [0.717, 1.165) is 12.8 Å². The number of carbonyl (C=O) groups is 6. The normalized spacial score (nSPS) is 16.8. The summed E-state index contributed by atoms with van der Waals surface area (Å²) in [5.41, 5.74) is 6.45. The third-order valence-corrected chi connectivity index (χ3v) is 7.79. The smallest absolute Gasteiger partial charge is 0.324 e. The summed E-state index contributed by atoms with van der Waals surface area (Å²) in [5.74, 6) is -3.50. The van der Waals surface area contributed by atoms with E-state index < -0.39 is 54.1 Å². The first-order chi connectivity index (χ1) is 22.4. The van der Waals surface area contributed by atoms with Crippen molar-refractivity contribution in [3.05, 3.63) is 54.2 Å². The molecule has 1 aliphatic rings. The predicted molar refractivity (Wildman–Crippen MR) is 174 cm³/mol. The molecule has 254 valence electrons. The molecule has 15 heteroatoms. The molecular formula is C32H44N8O7. The van der Waals surface area contributed by atoms with Gasteiger partial charge in [0, 0.05) is 24.5 Å². The summed E-state index contributed by atoms with van der Waals surface area (Å²) >= 11 is 0. The van der Waals surface area contributed by atoms with E-state index in [9.17, 15) is 33.9 Å². The maximum Gasteiger partial charge on any atom is 0.324 e. The van der Waals surface area contributed by atoms with Crippen LogP contribution in [-0.2, 0) is 30.4 Å². The lowest BCUT2D eigenvalue weighted by atomic mass is 9.97. The molecule has 47 heavy (non-hydrogen) atoms. The maximum absolute atomic E-state index is 13.4. The molecule has 0 radical (unpaired) electrons. The zero-order valence-corrected chi connectivity index (χ0v) is 26.7. The summed E-state index contributed by atoms with van der Waals surface area (Å²) in [5, 5.41) is 22.9. The summed E-state index contributed by atoms with van der Waals surface area (Å²) < 4.78 is 0. The Labute approximate surface area is 273 Å². The van der Waals surface area contributed by atoms with Crippen LogP contribution in [0.4, 0.5) is 16.3 Å². The molecule has 1 fully saturated rings. The van der Waals surface area contributed by atoms with Crippen LogP contribution in [0.25, 0.3) is 0 Å². The first kappa shape index (κ1) is 36.4. The van der Waals surface area contributed by atoms with Crippen molar-refractivity contribution >= 4 is 47.1 Å². The number of anilines is 2. The summed E-state index contributed by atoms with van der Waals surface area (Å²) in [6.45, 7) is 4.67. The fourth-order valence-corrected chi connectivity index (χ4v) is 5.18. The second-order valence-corrected chi connectivity index (χ2v) is 11.7. The zero-order valence-electron chi connectivity index (χ0n) is 26.7. The van der Waals surface area contributed by atoms with Gasteiger partial charge in [-0.3, -0.25) is 34.2 Å². The highest BCUT2D eigenvalue weighted by molar-refractivity contribution is 5.99. The Morgan fingerprint density at radius 1 is 1.00 bits per heavy atom. The highest BCUT2D eigenvalue weighted by Crippen LogP contribution is 2.14. The number of nitrogens with zero attached hydrogens (tertiary/aromatic N) is 2. The van der Waals surface area contributed by atoms with E-state index in [0.29, 0.717) is 43.0 Å². The number of carbonyl (C=O) groups excluding carboxylic acids is 5. The number of pyridine rings is 1. The number of aromatic nitrogens is 1. The maximum atomic E-state index is 13.4. The van der Waals surface area contributed by atoms with Crippen LogP contribution < -0.4 is 32.3 Å². The Balaban J connectivity index is 1.60. The van der Waals surface area contributed by atoms with E-state index >= 15 is 0 Å². The molecule has 1 aromatic carbocycles. The Morgan fingerprint density at radius 2 is 1.74 bits per heavy atom. The van der Waals surface area contributed by atoms with Gasteiger partial charge in [0.1, 0.15) is 17.9 Å². The van der Waals surface area contributed by atoms with Gasteiger partial charge in [0.25, 0.3) is 0 Å². The molecule has 1 aliphatic heterocycles. The second kappa shape index (κ2) is 18.2. The third kappa shape index (κ3) is 12.7. The summed E-state index contributed by atoms with van der Waals surface area (Å²) in [6.07, 6.45) is 3.58. The lowest BCUT2D eigenvalue weighted by molar-refractivity contribution is -0.141. The third-order valence-electron chi connectivity index (χ3n) is 7.79. The van der Waals surface area contributed by atoms with Crippen molar-refractivity contribution in [2.75, 3.05) is 30.3 Å². The number of urea groups is 1. The van der Waals surface area contributed by atoms with Gasteiger partial charge in [-0.2, -0.15) is 0 Å². The molecule has 0 aliphatic carbocycles. The number of rotatable bonds is 15. The van der Waals surface area contributed by atoms with Crippen molar-refractivity contribution in [3.8, 4) is 0 Å². The largest absolute Gasteiger partial charge is 0.481 e. The lowest BCUT2D eigenvalue weighted by Crippen LogP contribution is -2.57. The molecule has 4 atom stereocenters. The minimum atomic E-state index is -1.38. The number of likely N-dealkylation sites (tertiary alicyclic amines) is 1. The van der Waals surface area contributed by atoms with Crippen LogP contribution in [0.5, 0.6) is 0 Å². The number of hydrogen-bond donors (Lipinski definition) is 7. The molecule has 15 nitrogen and oxygen atoms in total. The molecule has 8 N–H and O–H groups in total. The van der Waals surface area contributed by atoms with Crippen molar-refractivity contribution in [1.82, 2.24) is 25.8 Å². The quantitative estimate of drug-likeness (QED) is 0.147. The van der Waals surface area contributed by atoms with Gasteiger partial charge in [-0.1, -0.05) is 44.9 Å². The van der Waals surface area contributed by atoms with E-state index in [1.165, 1.54) is 0 Å². The fourth-order valence-electron chi connectivity index (χ4n) is 5.18. The molecule has 2 unspecified atom stereocenters. The van der Waals surface area contributed by atoms with Gasteiger partial charge in [0.15, 0.2) is 0 Å². The zero-order chi connectivity index (χ0) is 34.3. The highest BCUT2D eigenvalue weighted by atomic mass is 16.4. The molecule has 2 aromatic rings. The molecule has 2 heterocycles. The van der Waals surface area contributed by atoms with E-state index in [4.69, 9.17) is 5.73 Å². The van der Waals surface area contributed by atoms with E-state index in [1.807, 2.05) is 11.8 Å². The summed E-state index contributed by atoms with van der Waals surface area (Å²) in [6, 6.07) is 8.47. The number of nitrogens with two attached hydrogens (primary N) is 1. The average molecular weight is 653 g/mol. The van der Waals surface area contributed by atoms with Crippen LogP contribution in [-0.4, -0.2) is 88.4 Å². The first-order valence-electron chi connectivity index (χ1n) is 15.6. The summed E-state index contributed by atoms with van der Waals surface area (Å²) in [4.78, 5) is 80.8. The van der Waals surface area contributed by atoms with Crippen molar-refractivity contribution in [3.63, 3.8) is 0 Å². The molecule has 3 rings (SSSR count). The Bertz CT molecular complexity index is 1390. The number of carboxylic acid groups (broad SMARTS) is 1. The van der Waals surface area contributed by atoms with Gasteiger partial charge in [-0.15, -0.1) is 0 Å². The second-order valence-electron chi connectivity index (χ2n) is 11.7. The van der Waals surface area contributed by atoms with E-state index in [2.05, 4.69) is 31.6 Å². The molecule has 1 aromatic heterocycles. The van der Waals surface area contributed by atoms with Crippen LogP contribution in [0.3, 0.4) is 0 Å². The number of carboxylic acids is 1. The van der Waals surface area contributed by atoms with Crippen molar-refractivity contribution < 1.29 is 33.9 Å². The predicted octanol–water partition coefficient (Wildman–Crippen LogP) is 1.21. The van der Waals surface area contributed by atoms with Gasteiger partial charge in [-0.05, 0) is 55.1 Å². The lowest BCUT2D eigenvalue weighted by Gasteiger charge is -2.28. The average Bonchev–Trinajstić information content (AvgIpc) is 3.24. The molecule has 6 amide bonds. The Hall–Kier alpha value is -5.05. The molecule has 0 saturated carbocycles. The van der Waals surface area contributed by atoms with Crippen LogP contribution >= 0.6 is 0 Å². The van der Waals surface area contributed by atoms with Gasteiger partial charge in [0.2, 0.25) is 23.6 Å². The van der Waals surface area contributed by atoms with Crippen LogP contribution in [0.2, 0.25) is 0 Å². The van der Waals surface area contributed by atoms with Gasteiger partial charge < -0.3 is 32.1 Å². The highest BCUT2D eigenvalue weighted by Gasteiger charge is 2.32. The fraction of sp³-hybridized carbons (Fsp3) is 0.469. The first-order valence-corrected chi connectivity index (χ1v) is 15.6.